The summed E-state index contributed by atoms with van der Waals surface area (Å²) in [6.07, 6.45) is 0. The average Bonchev–Trinajstić information content (AvgIpc) is 3.17. The van der Waals surface area contributed by atoms with Crippen molar-refractivity contribution in [2.45, 2.75) is 45.8 Å². The Morgan fingerprint density at radius 3 is 2.56 bits per heavy atom. The van der Waals surface area contributed by atoms with Crippen LogP contribution in [0.4, 0.5) is 5.13 Å². The van der Waals surface area contributed by atoms with Gasteiger partial charge in [0.15, 0.2) is 5.13 Å². The van der Waals surface area contributed by atoms with Crippen molar-refractivity contribution in [1.29, 1.82) is 0 Å². The molecule has 0 aliphatic carbocycles. The van der Waals surface area contributed by atoms with Gasteiger partial charge in [-0.15, -0.1) is 28.2 Å². The molecule has 0 bridgehead atoms. The predicted octanol–water partition coefficient (Wildman–Crippen LogP) is 6.14. The van der Waals surface area contributed by atoms with E-state index in [2.05, 4.69) is 68.2 Å². The van der Waals surface area contributed by atoms with Crippen molar-refractivity contribution >= 4 is 51.9 Å². The number of thiazole rings is 1. The Morgan fingerprint density at radius 1 is 1.19 bits per heavy atom. The monoisotopic (exact) mass is 412 g/mol. The van der Waals surface area contributed by atoms with Gasteiger partial charge in [0.1, 0.15) is 8.07 Å². The molecule has 0 aliphatic rings. The van der Waals surface area contributed by atoms with Gasteiger partial charge in [0.25, 0.3) is 5.91 Å². The Kier molecular flexibility index (Phi) is 5.30. The van der Waals surface area contributed by atoms with Crippen molar-refractivity contribution < 1.29 is 4.79 Å². The zero-order valence-corrected chi connectivity index (χ0v) is 19.2. The molecule has 1 amide bonds. The van der Waals surface area contributed by atoms with Gasteiger partial charge < -0.3 is 0 Å². The van der Waals surface area contributed by atoms with E-state index >= 15 is 0 Å². The number of aromatic nitrogens is 1. The first kappa shape index (κ1) is 19.8. The van der Waals surface area contributed by atoms with Crippen molar-refractivity contribution in [2.75, 3.05) is 5.32 Å². The maximum absolute atomic E-state index is 12.6. The normalized spacial score (nSPS) is 11.9. The molecule has 0 fully saturated rings. The largest absolute Gasteiger partial charge is 0.297 e. The van der Waals surface area contributed by atoms with Crippen LogP contribution in [0.25, 0.3) is 10.1 Å². The van der Waals surface area contributed by atoms with E-state index in [1.165, 1.54) is 22.7 Å². The van der Waals surface area contributed by atoms with Gasteiger partial charge in [-0.25, -0.2) is 4.98 Å². The van der Waals surface area contributed by atoms with Crippen molar-refractivity contribution in [3.05, 3.63) is 45.8 Å². The predicted molar refractivity (Wildman–Crippen MR) is 121 cm³/mol. The van der Waals surface area contributed by atoms with Crippen LogP contribution >= 0.6 is 22.7 Å². The molecule has 0 radical (unpaired) electrons. The summed E-state index contributed by atoms with van der Waals surface area (Å²) < 4.78 is 1.09. The Bertz CT molecular complexity index is 1060. The summed E-state index contributed by atoms with van der Waals surface area (Å²) in [7, 11) is -1.40. The quantitative estimate of drug-likeness (QED) is 0.406. The lowest BCUT2D eigenvalue weighted by molar-refractivity contribution is 0.103. The molecule has 0 unspecified atom stereocenters. The number of rotatable bonds is 2. The van der Waals surface area contributed by atoms with E-state index in [4.69, 9.17) is 0 Å². The van der Waals surface area contributed by atoms with Crippen LogP contribution in [0.1, 0.15) is 41.7 Å². The number of nitrogens with one attached hydrogen (secondary N) is 1. The first-order valence-electron chi connectivity index (χ1n) is 8.85. The van der Waals surface area contributed by atoms with Gasteiger partial charge in [-0.1, -0.05) is 46.3 Å². The summed E-state index contributed by atoms with van der Waals surface area (Å²) in [5.74, 6) is 3.17. The Morgan fingerprint density at radius 2 is 1.93 bits per heavy atom. The fourth-order valence-electron chi connectivity index (χ4n) is 2.33. The summed E-state index contributed by atoms with van der Waals surface area (Å²) in [5.41, 5.74) is 5.36. The molecule has 3 nitrogen and oxygen atoms in total. The van der Waals surface area contributed by atoms with Gasteiger partial charge in [0, 0.05) is 21.1 Å². The maximum Gasteiger partial charge on any atom is 0.267 e. The molecule has 140 valence electrons. The molecule has 3 rings (SSSR count). The lowest BCUT2D eigenvalue weighted by atomic mass is 9.93. The van der Waals surface area contributed by atoms with E-state index in [1.54, 1.807) is 0 Å². The number of hydrogen-bond donors (Lipinski definition) is 1. The molecule has 0 spiro atoms. The highest BCUT2D eigenvalue weighted by molar-refractivity contribution is 7.21. The molecule has 0 atom stereocenters. The Balaban J connectivity index is 1.81. The van der Waals surface area contributed by atoms with Gasteiger partial charge >= 0.3 is 0 Å². The second-order valence-electron chi connectivity index (χ2n) is 8.61. The van der Waals surface area contributed by atoms with Crippen molar-refractivity contribution in [1.82, 2.24) is 4.98 Å². The number of hydrogen-bond acceptors (Lipinski definition) is 4. The maximum atomic E-state index is 12.6. The molecular formula is C21H24N2OS2Si. The van der Waals surface area contributed by atoms with Crippen LogP contribution in [0.15, 0.2) is 29.6 Å². The zero-order valence-electron chi connectivity index (χ0n) is 16.6. The molecule has 0 saturated heterocycles. The molecule has 3 aromatic rings. The van der Waals surface area contributed by atoms with E-state index in [1.807, 2.05) is 23.6 Å². The minimum absolute atomic E-state index is 0.0234. The summed E-state index contributed by atoms with van der Waals surface area (Å²) in [4.78, 5) is 17.9. The van der Waals surface area contributed by atoms with Gasteiger partial charge in [-0.05, 0) is 29.7 Å². The molecule has 2 heterocycles. The molecule has 27 heavy (non-hydrogen) atoms. The van der Waals surface area contributed by atoms with Crippen LogP contribution < -0.4 is 5.32 Å². The van der Waals surface area contributed by atoms with Crippen LogP contribution in [0.5, 0.6) is 0 Å². The lowest BCUT2D eigenvalue weighted by Gasteiger charge is -2.14. The van der Waals surface area contributed by atoms with Gasteiger partial charge in [-0.2, -0.15) is 0 Å². The highest BCUT2D eigenvalue weighted by atomic mass is 32.1. The minimum atomic E-state index is -1.40. The molecule has 0 aliphatic heterocycles. The Hall–Kier alpha value is -1.94. The summed E-state index contributed by atoms with van der Waals surface area (Å²) in [6.45, 7) is 13.0. The summed E-state index contributed by atoms with van der Waals surface area (Å²) in [6, 6.07) is 8.08. The molecule has 1 aromatic carbocycles. The lowest BCUT2D eigenvalue weighted by Crippen LogP contribution is -2.16. The fourth-order valence-corrected chi connectivity index (χ4v) is 4.72. The van der Waals surface area contributed by atoms with Crippen molar-refractivity contribution in [3.8, 4) is 11.5 Å². The summed E-state index contributed by atoms with van der Waals surface area (Å²) >= 11 is 2.96. The van der Waals surface area contributed by atoms with Crippen LogP contribution in [0.3, 0.4) is 0 Å². The van der Waals surface area contributed by atoms with E-state index < -0.39 is 8.07 Å². The van der Waals surface area contributed by atoms with Crippen molar-refractivity contribution in [2.24, 2.45) is 0 Å². The van der Waals surface area contributed by atoms with Crippen LogP contribution in [0.2, 0.25) is 19.6 Å². The van der Waals surface area contributed by atoms with Crippen LogP contribution in [-0.4, -0.2) is 19.0 Å². The fraction of sp³-hybridized carbons (Fsp3) is 0.333. The topological polar surface area (TPSA) is 42.0 Å². The standard InChI is InChI=1S/C21H24N2OS2Si/c1-21(2,3)18-13-25-20(22-18)23-19(24)17-12-15-11-14(7-8-16(15)26-17)9-10-27(4,5)6/h7-8,11-13H,1-6H3,(H,22,23,24). The second kappa shape index (κ2) is 7.23. The first-order valence-corrected chi connectivity index (χ1v) is 14.0. The molecule has 0 saturated carbocycles. The smallest absolute Gasteiger partial charge is 0.267 e. The Labute approximate surface area is 169 Å². The number of nitrogens with zero attached hydrogens (tertiary/aromatic N) is 1. The number of carbonyl (C=O) groups is 1. The third kappa shape index (κ3) is 5.07. The van der Waals surface area contributed by atoms with Crippen LogP contribution in [-0.2, 0) is 5.41 Å². The number of carbonyl (C=O) groups excluding carboxylic acids is 1. The van der Waals surface area contributed by atoms with E-state index in [9.17, 15) is 4.79 Å². The number of amides is 1. The molecule has 1 N–H and O–H groups in total. The van der Waals surface area contributed by atoms with E-state index in [-0.39, 0.29) is 11.3 Å². The second-order valence-corrected chi connectivity index (χ2v) is 15.3. The third-order valence-electron chi connectivity index (χ3n) is 3.81. The summed E-state index contributed by atoms with van der Waals surface area (Å²) in [5, 5.41) is 6.63. The molecule has 6 heteroatoms. The van der Waals surface area contributed by atoms with Gasteiger partial charge in [0.2, 0.25) is 0 Å². The number of anilines is 1. The highest BCUT2D eigenvalue weighted by Gasteiger charge is 2.19. The highest BCUT2D eigenvalue weighted by Crippen LogP contribution is 2.29. The van der Waals surface area contributed by atoms with E-state index in [0.29, 0.717) is 10.0 Å². The zero-order chi connectivity index (χ0) is 19.8. The number of thiophene rings is 1. The van der Waals surface area contributed by atoms with Gasteiger partial charge in [-0.3, -0.25) is 10.1 Å². The van der Waals surface area contributed by atoms with Crippen LogP contribution in [0, 0.1) is 11.5 Å². The minimum Gasteiger partial charge on any atom is -0.297 e. The molecular weight excluding hydrogens is 388 g/mol. The molecule has 2 aromatic heterocycles. The first-order chi connectivity index (χ1) is 12.5. The number of fused-ring (bicyclic) bond motifs is 1. The third-order valence-corrected chi connectivity index (χ3v) is 6.56. The average molecular weight is 413 g/mol. The number of benzene rings is 1. The van der Waals surface area contributed by atoms with E-state index in [0.717, 1.165) is 21.3 Å². The van der Waals surface area contributed by atoms with Crippen molar-refractivity contribution in [3.63, 3.8) is 0 Å². The van der Waals surface area contributed by atoms with Gasteiger partial charge in [0.05, 0.1) is 10.6 Å². The SMILES string of the molecule is CC(C)(C)c1csc(NC(=O)c2cc3cc(C#C[Si](C)(C)C)ccc3s2)n1.